The predicted octanol–water partition coefficient (Wildman–Crippen LogP) is 3.60. The van der Waals surface area contributed by atoms with Gasteiger partial charge in [0.1, 0.15) is 0 Å². The Kier molecular flexibility index (Phi) is 2.91. The van der Waals surface area contributed by atoms with E-state index in [2.05, 4.69) is 9.47 Å². The van der Waals surface area contributed by atoms with Gasteiger partial charge in [0.15, 0.2) is 0 Å². The second-order valence-corrected chi connectivity index (χ2v) is 4.22. The van der Waals surface area contributed by atoms with Crippen molar-refractivity contribution in [2.24, 2.45) is 11.8 Å². The molecular weight excluding hydrogens is 292 g/mol. The maximum atomic E-state index is 14.1. The zero-order valence-electron chi connectivity index (χ0n) is 8.86. The van der Waals surface area contributed by atoms with E-state index < -0.39 is 42.7 Å². The minimum Gasteiger partial charge on any atom is -0.247 e. The van der Waals surface area contributed by atoms with Crippen LogP contribution in [0.25, 0.3) is 0 Å². The summed E-state index contributed by atoms with van der Waals surface area (Å²) in [7, 11) is 0. The molecule has 0 N–H and O–H groups in total. The Hall–Kier alpha value is -0.900. The van der Waals surface area contributed by atoms with Gasteiger partial charge in [-0.25, -0.2) is 18.3 Å². The zero-order valence-corrected chi connectivity index (χ0v) is 8.86. The van der Waals surface area contributed by atoms with Gasteiger partial charge in [-0.1, -0.05) is 12.2 Å². The third kappa shape index (κ3) is 2.31. The molecule has 1 saturated carbocycles. The van der Waals surface area contributed by atoms with E-state index in [1.54, 1.807) is 0 Å². The second-order valence-electron chi connectivity index (χ2n) is 4.22. The van der Waals surface area contributed by atoms with Crippen molar-refractivity contribution in [3.8, 4) is 0 Å². The molecule has 19 heavy (non-hydrogen) atoms. The topological polar surface area (TPSA) is 18.5 Å². The molecule has 0 radical (unpaired) electrons. The summed E-state index contributed by atoms with van der Waals surface area (Å²) in [4.78, 5) is 0. The molecule has 2 rings (SSSR count). The van der Waals surface area contributed by atoms with E-state index >= 15 is 0 Å². The monoisotopic (exact) mass is 298 g/mol. The molecule has 0 heterocycles. The van der Waals surface area contributed by atoms with Crippen LogP contribution in [-0.2, 0) is 9.47 Å². The Bertz CT molecular complexity index is 366. The SMILES string of the molecule is FC(F)(F)OC1(F)C2C=CC(C2)C1(F)OC(F)(F)F. The molecule has 1 fully saturated rings. The van der Waals surface area contributed by atoms with Crippen molar-refractivity contribution < 1.29 is 44.6 Å². The van der Waals surface area contributed by atoms with Crippen LogP contribution in [0.15, 0.2) is 12.2 Å². The number of ether oxygens (including phenoxy) is 2. The highest BCUT2D eigenvalue weighted by molar-refractivity contribution is 5.22. The first-order chi connectivity index (χ1) is 8.37. The molecule has 0 aromatic rings. The molecule has 4 atom stereocenters. The highest BCUT2D eigenvalue weighted by atomic mass is 19.4. The van der Waals surface area contributed by atoms with E-state index in [1.807, 2.05) is 0 Å². The molecule has 0 aromatic carbocycles. The first kappa shape index (κ1) is 14.5. The van der Waals surface area contributed by atoms with Gasteiger partial charge in [-0.15, -0.1) is 26.3 Å². The van der Waals surface area contributed by atoms with Gasteiger partial charge >= 0.3 is 12.7 Å². The fourth-order valence-electron chi connectivity index (χ4n) is 2.38. The summed E-state index contributed by atoms with van der Waals surface area (Å²) in [6.45, 7) is 0. The lowest BCUT2D eigenvalue weighted by molar-refractivity contribution is -0.487. The quantitative estimate of drug-likeness (QED) is 0.573. The molecule has 2 aliphatic carbocycles. The van der Waals surface area contributed by atoms with E-state index in [1.165, 1.54) is 0 Å². The smallest absolute Gasteiger partial charge is 0.247 e. The molecule has 0 saturated heterocycles. The minimum absolute atomic E-state index is 0.598. The summed E-state index contributed by atoms with van der Waals surface area (Å²) in [6, 6.07) is 0. The number of hydrogen-bond donors (Lipinski definition) is 0. The second kappa shape index (κ2) is 3.81. The highest BCUT2D eigenvalue weighted by Crippen LogP contribution is 2.61. The van der Waals surface area contributed by atoms with Crippen molar-refractivity contribution in [3.63, 3.8) is 0 Å². The van der Waals surface area contributed by atoms with Crippen molar-refractivity contribution in [2.45, 2.75) is 30.9 Å². The van der Waals surface area contributed by atoms with E-state index in [-0.39, 0.29) is 0 Å². The summed E-state index contributed by atoms with van der Waals surface area (Å²) in [6.07, 6.45) is -10.2. The van der Waals surface area contributed by atoms with Crippen molar-refractivity contribution in [1.29, 1.82) is 0 Å². The van der Waals surface area contributed by atoms with Crippen LogP contribution >= 0.6 is 0 Å². The Morgan fingerprint density at radius 3 is 1.37 bits per heavy atom. The lowest BCUT2D eigenvalue weighted by Gasteiger charge is -2.39. The number of halogens is 8. The van der Waals surface area contributed by atoms with Gasteiger partial charge in [0.25, 0.3) is 11.7 Å². The zero-order chi connectivity index (χ0) is 14.7. The molecule has 0 spiro atoms. The Labute approximate surface area is 101 Å². The summed E-state index contributed by atoms with van der Waals surface area (Å²) >= 11 is 0. The Balaban J connectivity index is 2.37. The fraction of sp³-hybridized carbons (Fsp3) is 0.778. The molecule has 2 bridgehead atoms. The van der Waals surface area contributed by atoms with Gasteiger partial charge in [-0.2, -0.15) is 0 Å². The minimum atomic E-state index is -5.64. The normalized spacial score (nSPS) is 42.1. The summed E-state index contributed by atoms with van der Waals surface area (Å²) in [5.74, 6) is -12.1. The van der Waals surface area contributed by atoms with E-state index in [0.717, 1.165) is 12.2 Å². The lowest BCUT2D eigenvalue weighted by atomic mass is 9.96. The highest BCUT2D eigenvalue weighted by Gasteiger charge is 2.76. The summed E-state index contributed by atoms with van der Waals surface area (Å²) < 4.78 is 106. The van der Waals surface area contributed by atoms with Gasteiger partial charge < -0.3 is 0 Å². The van der Waals surface area contributed by atoms with Crippen LogP contribution in [0.5, 0.6) is 0 Å². The van der Waals surface area contributed by atoms with Crippen LogP contribution in [-0.4, -0.2) is 24.4 Å². The maximum absolute atomic E-state index is 14.1. The lowest BCUT2D eigenvalue weighted by Crippen LogP contribution is -2.58. The average Bonchev–Trinajstić information content (AvgIpc) is 2.64. The van der Waals surface area contributed by atoms with Crippen molar-refractivity contribution in [3.05, 3.63) is 12.2 Å². The molecule has 2 nitrogen and oxygen atoms in total. The number of fused-ring (bicyclic) bond motifs is 2. The molecular formula is C9H6F8O2. The van der Waals surface area contributed by atoms with E-state index in [9.17, 15) is 35.1 Å². The van der Waals surface area contributed by atoms with E-state index in [0.29, 0.717) is 0 Å². The number of hydrogen-bond acceptors (Lipinski definition) is 2. The van der Waals surface area contributed by atoms with Crippen LogP contribution in [0.2, 0.25) is 0 Å². The predicted molar refractivity (Wildman–Crippen MR) is 42.7 cm³/mol. The largest absolute Gasteiger partial charge is 0.525 e. The molecule has 10 heteroatoms. The van der Waals surface area contributed by atoms with Gasteiger partial charge in [-0.05, 0) is 6.42 Å². The molecule has 0 aromatic heterocycles. The van der Waals surface area contributed by atoms with Crippen molar-refractivity contribution in [1.82, 2.24) is 0 Å². The third-order valence-electron chi connectivity index (χ3n) is 3.03. The van der Waals surface area contributed by atoms with Gasteiger partial charge in [0.2, 0.25) is 0 Å². The van der Waals surface area contributed by atoms with Gasteiger partial charge in [0, 0.05) is 11.8 Å². The van der Waals surface area contributed by atoms with Gasteiger partial charge in [-0.3, -0.25) is 0 Å². The molecule has 0 amide bonds. The average molecular weight is 298 g/mol. The van der Waals surface area contributed by atoms with Crippen LogP contribution in [0.1, 0.15) is 6.42 Å². The fourth-order valence-corrected chi connectivity index (χ4v) is 2.38. The summed E-state index contributed by atoms with van der Waals surface area (Å²) in [5.41, 5.74) is 0. The van der Waals surface area contributed by atoms with Crippen LogP contribution < -0.4 is 0 Å². The first-order valence-electron chi connectivity index (χ1n) is 4.97. The summed E-state index contributed by atoms with van der Waals surface area (Å²) in [5, 5.41) is 0. The van der Waals surface area contributed by atoms with Crippen molar-refractivity contribution in [2.75, 3.05) is 0 Å². The van der Waals surface area contributed by atoms with Crippen molar-refractivity contribution >= 4 is 0 Å². The standard InChI is InChI=1S/C9H6F8O2/c10-6(18-8(12,13)14)4-1-2-5(3-4)7(6,11)19-9(15,16)17/h1-2,4-5H,3H2. The third-order valence-corrected chi connectivity index (χ3v) is 3.03. The van der Waals surface area contributed by atoms with Gasteiger partial charge in [0.05, 0.1) is 0 Å². The molecule has 2 aliphatic rings. The molecule has 110 valence electrons. The molecule has 0 aliphatic heterocycles. The van der Waals surface area contributed by atoms with Crippen LogP contribution in [0.4, 0.5) is 35.1 Å². The number of alkyl halides is 8. The maximum Gasteiger partial charge on any atom is 0.525 e. The molecule has 4 unspecified atom stereocenters. The van der Waals surface area contributed by atoms with Crippen LogP contribution in [0, 0.1) is 11.8 Å². The van der Waals surface area contributed by atoms with E-state index in [4.69, 9.17) is 0 Å². The first-order valence-corrected chi connectivity index (χ1v) is 4.97. The number of rotatable bonds is 2. The van der Waals surface area contributed by atoms with Crippen LogP contribution in [0.3, 0.4) is 0 Å². The Morgan fingerprint density at radius 2 is 1.11 bits per heavy atom. The Morgan fingerprint density at radius 1 is 0.789 bits per heavy atom.